The predicted octanol–water partition coefficient (Wildman–Crippen LogP) is 4.75. The van der Waals surface area contributed by atoms with Crippen molar-refractivity contribution in [3.05, 3.63) is 90.3 Å². The van der Waals surface area contributed by atoms with Crippen LogP contribution in [0.3, 0.4) is 0 Å². The number of carbonyl (C=O) groups is 2. The van der Waals surface area contributed by atoms with Crippen LogP contribution in [0.2, 0.25) is 0 Å². The summed E-state index contributed by atoms with van der Waals surface area (Å²) >= 11 is 0. The highest BCUT2D eigenvalue weighted by Gasteiger charge is 2.14. The lowest BCUT2D eigenvalue weighted by molar-refractivity contribution is 0.101. The average molecular weight is 367 g/mol. The van der Waals surface area contributed by atoms with Gasteiger partial charge in [0.2, 0.25) is 0 Å². The number of amides is 1. The highest BCUT2D eigenvalue weighted by molar-refractivity contribution is 6.13. The Morgan fingerprint density at radius 3 is 2.43 bits per heavy atom. The van der Waals surface area contributed by atoms with Crippen LogP contribution < -0.4 is 5.32 Å². The van der Waals surface area contributed by atoms with Crippen LogP contribution in [0.25, 0.3) is 22.2 Å². The monoisotopic (exact) mass is 367 g/mol. The number of rotatable bonds is 4. The third kappa shape index (κ3) is 3.50. The molecule has 0 aliphatic heterocycles. The van der Waals surface area contributed by atoms with Crippen molar-refractivity contribution in [2.45, 2.75) is 6.92 Å². The molecule has 0 atom stereocenters. The van der Waals surface area contributed by atoms with E-state index in [1.165, 1.54) is 6.92 Å². The zero-order chi connectivity index (χ0) is 19.5. The second-order valence-electron chi connectivity index (χ2n) is 6.40. The standard InChI is InChI=1S/C23H17N3O2/c1-15(27)16-8-10-18(11-9-16)25-23(28)20-13-22(17-5-4-12-24-14-17)26-21-7-3-2-6-19(20)21/h2-14H,1H3,(H,25,28). The Bertz CT molecular complexity index is 1170. The molecule has 0 saturated heterocycles. The van der Waals surface area contributed by atoms with Gasteiger partial charge in [0.05, 0.1) is 16.8 Å². The van der Waals surface area contributed by atoms with E-state index in [9.17, 15) is 9.59 Å². The lowest BCUT2D eigenvalue weighted by atomic mass is 10.0. The Morgan fingerprint density at radius 1 is 0.929 bits per heavy atom. The number of nitrogens with zero attached hydrogens (tertiary/aromatic N) is 2. The Morgan fingerprint density at radius 2 is 1.71 bits per heavy atom. The first-order valence-corrected chi connectivity index (χ1v) is 8.84. The molecule has 0 bridgehead atoms. The van der Waals surface area contributed by atoms with Gasteiger partial charge in [0.15, 0.2) is 5.78 Å². The number of ketones is 1. The average Bonchev–Trinajstić information content (AvgIpc) is 2.74. The molecule has 0 radical (unpaired) electrons. The van der Waals surface area contributed by atoms with E-state index >= 15 is 0 Å². The summed E-state index contributed by atoms with van der Waals surface area (Å²) in [5, 5.41) is 3.67. The molecule has 4 aromatic rings. The molecular formula is C23H17N3O2. The third-order valence-electron chi connectivity index (χ3n) is 4.47. The third-order valence-corrected chi connectivity index (χ3v) is 4.47. The van der Waals surface area contributed by atoms with Gasteiger partial charge in [-0.05, 0) is 55.5 Å². The number of Topliss-reactive ketones (excluding diaryl/α,β-unsaturated/α-hetero) is 1. The van der Waals surface area contributed by atoms with Crippen LogP contribution in [0, 0.1) is 0 Å². The van der Waals surface area contributed by atoms with Gasteiger partial charge >= 0.3 is 0 Å². The van der Waals surface area contributed by atoms with Gasteiger partial charge < -0.3 is 5.32 Å². The molecule has 5 heteroatoms. The van der Waals surface area contributed by atoms with Crippen LogP contribution in [0.4, 0.5) is 5.69 Å². The summed E-state index contributed by atoms with van der Waals surface area (Å²) in [6.07, 6.45) is 3.42. The maximum atomic E-state index is 13.0. The number of pyridine rings is 2. The smallest absolute Gasteiger partial charge is 0.256 e. The number of benzene rings is 2. The molecule has 2 aromatic heterocycles. The number of anilines is 1. The second kappa shape index (κ2) is 7.40. The topological polar surface area (TPSA) is 72.0 Å². The summed E-state index contributed by atoms with van der Waals surface area (Å²) in [5.74, 6) is -0.251. The van der Waals surface area contributed by atoms with E-state index in [4.69, 9.17) is 0 Å². The SMILES string of the molecule is CC(=O)c1ccc(NC(=O)c2cc(-c3cccnc3)nc3ccccc23)cc1. The molecule has 0 fully saturated rings. The number of hydrogen-bond acceptors (Lipinski definition) is 4. The highest BCUT2D eigenvalue weighted by Crippen LogP contribution is 2.25. The summed E-state index contributed by atoms with van der Waals surface area (Å²) in [5.41, 5.74) is 4.02. The number of hydrogen-bond donors (Lipinski definition) is 1. The van der Waals surface area contributed by atoms with Gasteiger partial charge in [-0.3, -0.25) is 14.6 Å². The predicted molar refractivity (Wildman–Crippen MR) is 109 cm³/mol. The van der Waals surface area contributed by atoms with Gasteiger partial charge in [-0.25, -0.2) is 4.98 Å². The van der Waals surface area contributed by atoms with E-state index in [0.717, 1.165) is 16.5 Å². The molecular weight excluding hydrogens is 350 g/mol. The summed E-state index contributed by atoms with van der Waals surface area (Å²) < 4.78 is 0. The van der Waals surface area contributed by atoms with Crippen molar-refractivity contribution >= 4 is 28.3 Å². The van der Waals surface area contributed by atoms with Gasteiger partial charge in [-0.15, -0.1) is 0 Å². The molecule has 0 spiro atoms. The van der Waals surface area contributed by atoms with Crippen LogP contribution in [0.5, 0.6) is 0 Å². The van der Waals surface area contributed by atoms with Gasteiger partial charge in [0.25, 0.3) is 5.91 Å². The number of aromatic nitrogens is 2. The summed E-state index contributed by atoms with van der Waals surface area (Å²) in [4.78, 5) is 33.2. The summed E-state index contributed by atoms with van der Waals surface area (Å²) in [6, 6.07) is 19.9. The second-order valence-corrected chi connectivity index (χ2v) is 6.40. The van der Waals surface area contributed by atoms with Gasteiger partial charge in [-0.1, -0.05) is 18.2 Å². The van der Waals surface area contributed by atoms with E-state index in [0.29, 0.717) is 22.5 Å². The molecule has 28 heavy (non-hydrogen) atoms. The van der Waals surface area contributed by atoms with Gasteiger partial charge in [0, 0.05) is 34.6 Å². The molecule has 0 aliphatic carbocycles. The summed E-state index contributed by atoms with van der Waals surface area (Å²) in [7, 11) is 0. The zero-order valence-electron chi connectivity index (χ0n) is 15.2. The van der Waals surface area contributed by atoms with E-state index in [1.807, 2.05) is 36.4 Å². The Balaban J connectivity index is 1.74. The van der Waals surface area contributed by atoms with Crippen LogP contribution in [-0.4, -0.2) is 21.7 Å². The van der Waals surface area contributed by atoms with E-state index in [-0.39, 0.29) is 11.7 Å². The van der Waals surface area contributed by atoms with Crippen molar-refractivity contribution in [1.29, 1.82) is 0 Å². The Labute approximate surface area is 162 Å². The fourth-order valence-electron chi connectivity index (χ4n) is 3.01. The molecule has 4 rings (SSSR count). The molecule has 136 valence electrons. The maximum absolute atomic E-state index is 13.0. The number of para-hydroxylation sites is 1. The minimum atomic E-state index is -0.237. The van der Waals surface area contributed by atoms with Crippen LogP contribution >= 0.6 is 0 Å². The van der Waals surface area contributed by atoms with Gasteiger partial charge in [-0.2, -0.15) is 0 Å². The lowest BCUT2D eigenvalue weighted by Crippen LogP contribution is -2.13. The van der Waals surface area contributed by atoms with Crippen molar-refractivity contribution in [2.24, 2.45) is 0 Å². The Hall–Kier alpha value is -3.86. The largest absolute Gasteiger partial charge is 0.322 e. The fraction of sp³-hybridized carbons (Fsp3) is 0.0435. The molecule has 0 saturated carbocycles. The minimum Gasteiger partial charge on any atom is -0.322 e. The first-order valence-electron chi connectivity index (χ1n) is 8.84. The molecule has 0 unspecified atom stereocenters. The molecule has 0 aliphatic rings. The zero-order valence-corrected chi connectivity index (χ0v) is 15.2. The first-order chi connectivity index (χ1) is 13.6. The fourth-order valence-corrected chi connectivity index (χ4v) is 3.01. The maximum Gasteiger partial charge on any atom is 0.256 e. The van der Waals surface area contributed by atoms with Crippen LogP contribution in [-0.2, 0) is 0 Å². The highest BCUT2D eigenvalue weighted by atomic mass is 16.1. The normalized spacial score (nSPS) is 10.6. The van der Waals surface area contributed by atoms with Crippen molar-refractivity contribution in [2.75, 3.05) is 5.32 Å². The van der Waals surface area contributed by atoms with E-state index in [2.05, 4.69) is 15.3 Å². The van der Waals surface area contributed by atoms with Crippen LogP contribution in [0.15, 0.2) is 79.1 Å². The van der Waals surface area contributed by atoms with E-state index < -0.39 is 0 Å². The number of nitrogens with one attached hydrogen (secondary N) is 1. The summed E-state index contributed by atoms with van der Waals surface area (Å²) in [6.45, 7) is 1.51. The minimum absolute atomic E-state index is 0.0147. The van der Waals surface area contributed by atoms with Crippen LogP contribution in [0.1, 0.15) is 27.6 Å². The van der Waals surface area contributed by atoms with Gasteiger partial charge in [0.1, 0.15) is 0 Å². The molecule has 2 aromatic carbocycles. The van der Waals surface area contributed by atoms with E-state index in [1.54, 1.807) is 42.7 Å². The number of fused-ring (bicyclic) bond motifs is 1. The molecule has 1 amide bonds. The van der Waals surface area contributed by atoms with Crippen molar-refractivity contribution in [3.63, 3.8) is 0 Å². The lowest BCUT2D eigenvalue weighted by Gasteiger charge is -2.11. The molecule has 2 heterocycles. The van der Waals surface area contributed by atoms with Crippen molar-refractivity contribution in [1.82, 2.24) is 9.97 Å². The Kier molecular flexibility index (Phi) is 4.64. The quantitative estimate of drug-likeness (QED) is 0.528. The number of carbonyl (C=O) groups excluding carboxylic acids is 2. The van der Waals surface area contributed by atoms with Crippen molar-refractivity contribution < 1.29 is 9.59 Å². The first kappa shape index (κ1) is 17.5. The molecule has 1 N–H and O–H groups in total. The molecule has 5 nitrogen and oxygen atoms in total. The van der Waals surface area contributed by atoms with Crippen molar-refractivity contribution in [3.8, 4) is 11.3 Å².